The van der Waals surface area contributed by atoms with Gasteiger partial charge in [-0.2, -0.15) is 5.10 Å². The maximum atomic E-state index is 11.3. The van der Waals surface area contributed by atoms with Crippen molar-refractivity contribution in [3.05, 3.63) is 39.9 Å². The SMILES string of the molecule is CCOC(=O)Cc1csc(NN=Cc2ccc(O)cc2Cl)n1. The van der Waals surface area contributed by atoms with Gasteiger partial charge in [0.25, 0.3) is 0 Å². The number of esters is 1. The molecule has 8 heteroatoms. The number of thiazole rings is 1. The second-order valence-corrected chi connectivity index (χ2v) is 5.47. The van der Waals surface area contributed by atoms with Crippen molar-refractivity contribution < 1.29 is 14.6 Å². The van der Waals surface area contributed by atoms with Crippen LogP contribution in [0.2, 0.25) is 5.02 Å². The van der Waals surface area contributed by atoms with Crippen molar-refractivity contribution in [3.63, 3.8) is 0 Å². The van der Waals surface area contributed by atoms with E-state index in [9.17, 15) is 9.90 Å². The molecule has 0 amide bonds. The van der Waals surface area contributed by atoms with Gasteiger partial charge in [-0.1, -0.05) is 11.6 Å². The molecule has 0 atom stereocenters. The Hall–Kier alpha value is -2.12. The number of aromatic nitrogens is 1. The quantitative estimate of drug-likeness (QED) is 0.480. The molecule has 0 aliphatic rings. The average molecular weight is 340 g/mol. The number of nitrogens with one attached hydrogen (secondary N) is 1. The molecule has 0 radical (unpaired) electrons. The van der Waals surface area contributed by atoms with Crippen LogP contribution in [-0.2, 0) is 16.0 Å². The molecule has 0 bridgehead atoms. The molecule has 0 aliphatic heterocycles. The smallest absolute Gasteiger partial charge is 0.311 e. The number of hydrogen-bond acceptors (Lipinski definition) is 7. The Bertz CT molecular complexity index is 688. The second-order valence-electron chi connectivity index (χ2n) is 4.20. The van der Waals surface area contributed by atoms with E-state index in [-0.39, 0.29) is 18.1 Å². The third-order valence-electron chi connectivity index (χ3n) is 2.53. The van der Waals surface area contributed by atoms with Gasteiger partial charge in [-0.25, -0.2) is 4.98 Å². The molecular weight excluding hydrogens is 326 g/mol. The third kappa shape index (κ3) is 4.71. The first-order valence-electron chi connectivity index (χ1n) is 6.46. The molecule has 1 heterocycles. The van der Waals surface area contributed by atoms with E-state index in [4.69, 9.17) is 16.3 Å². The molecule has 0 saturated carbocycles. The number of benzene rings is 1. The fraction of sp³-hybridized carbons (Fsp3) is 0.214. The molecule has 0 unspecified atom stereocenters. The van der Waals surface area contributed by atoms with Crippen LogP contribution in [0.3, 0.4) is 0 Å². The molecule has 2 N–H and O–H groups in total. The summed E-state index contributed by atoms with van der Waals surface area (Å²) in [6.07, 6.45) is 1.66. The number of hydrogen-bond donors (Lipinski definition) is 2. The summed E-state index contributed by atoms with van der Waals surface area (Å²) in [5.41, 5.74) is 4.06. The lowest BCUT2D eigenvalue weighted by molar-refractivity contribution is -0.142. The standard InChI is InChI=1S/C14H14ClN3O3S/c1-2-21-13(20)5-10-8-22-14(17-10)18-16-7-9-3-4-11(19)6-12(9)15/h3-4,6-8,19H,2,5H2,1H3,(H,17,18). The minimum Gasteiger partial charge on any atom is -0.508 e. The van der Waals surface area contributed by atoms with Crippen molar-refractivity contribution in [2.45, 2.75) is 13.3 Å². The monoisotopic (exact) mass is 339 g/mol. The predicted octanol–water partition coefficient (Wildman–Crippen LogP) is 3.05. The van der Waals surface area contributed by atoms with Crippen LogP contribution in [-0.4, -0.2) is 28.9 Å². The molecule has 22 heavy (non-hydrogen) atoms. The Morgan fingerprint density at radius 2 is 2.41 bits per heavy atom. The zero-order valence-electron chi connectivity index (χ0n) is 11.7. The van der Waals surface area contributed by atoms with E-state index < -0.39 is 0 Å². The number of rotatable bonds is 6. The molecule has 0 spiro atoms. The molecule has 0 fully saturated rings. The van der Waals surface area contributed by atoms with Crippen molar-refractivity contribution in [1.82, 2.24) is 4.98 Å². The van der Waals surface area contributed by atoms with Gasteiger partial charge in [0.15, 0.2) is 0 Å². The fourth-order valence-electron chi connectivity index (χ4n) is 1.58. The van der Waals surface area contributed by atoms with Crippen molar-refractivity contribution >= 4 is 40.3 Å². The van der Waals surface area contributed by atoms with Gasteiger partial charge in [0.05, 0.1) is 30.0 Å². The van der Waals surface area contributed by atoms with Gasteiger partial charge in [-0.05, 0) is 25.1 Å². The number of carbonyl (C=O) groups is 1. The van der Waals surface area contributed by atoms with Crippen molar-refractivity contribution in [1.29, 1.82) is 0 Å². The number of ether oxygens (including phenoxy) is 1. The molecule has 1 aromatic carbocycles. The van der Waals surface area contributed by atoms with Gasteiger partial charge in [-0.15, -0.1) is 11.3 Å². The summed E-state index contributed by atoms with van der Waals surface area (Å²) in [6, 6.07) is 4.61. The molecule has 0 aliphatic carbocycles. The highest BCUT2D eigenvalue weighted by atomic mass is 35.5. The lowest BCUT2D eigenvalue weighted by Crippen LogP contribution is -2.07. The topological polar surface area (TPSA) is 83.8 Å². The molecule has 2 aromatic rings. The van der Waals surface area contributed by atoms with E-state index in [1.165, 1.54) is 29.7 Å². The lowest BCUT2D eigenvalue weighted by atomic mass is 10.2. The Labute approximate surface area is 136 Å². The van der Waals surface area contributed by atoms with Gasteiger partial charge in [-0.3, -0.25) is 10.2 Å². The Kier molecular flexibility index (Phi) is 5.74. The summed E-state index contributed by atoms with van der Waals surface area (Å²) in [4.78, 5) is 15.6. The number of hydrazone groups is 1. The predicted molar refractivity (Wildman–Crippen MR) is 86.8 cm³/mol. The summed E-state index contributed by atoms with van der Waals surface area (Å²) in [5.74, 6) is -0.211. The second kappa shape index (κ2) is 7.77. The lowest BCUT2D eigenvalue weighted by Gasteiger charge is -1.99. The van der Waals surface area contributed by atoms with Crippen molar-refractivity contribution in [3.8, 4) is 5.75 Å². The Morgan fingerprint density at radius 1 is 1.59 bits per heavy atom. The number of aromatic hydroxyl groups is 1. The minimum atomic E-state index is -0.307. The molecule has 2 rings (SSSR count). The first-order valence-corrected chi connectivity index (χ1v) is 7.72. The summed E-state index contributed by atoms with van der Waals surface area (Å²) in [7, 11) is 0. The van der Waals surface area contributed by atoms with Crippen LogP contribution < -0.4 is 5.43 Å². The summed E-state index contributed by atoms with van der Waals surface area (Å²) in [5, 5.41) is 16.0. The zero-order valence-corrected chi connectivity index (χ0v) is 13.3. The number of nitrogens with zero attached hydrogens (tertiary/aromatic N) is 2. The van der Waals surface area contributed by atoms with Gasteiger partial charge in [0, 0.05) is 10.9 Å². The van der Waals surface area contributed by atoms with E-state index in [0.717, 1.165) is 0 Å². The van der Waals surface area contributed by atoms with Crippen LogP contribution in [0.1, 0.15) is 18.2 Å². The third-order valence-corrected chi connectivity index (χ3v) is 3.65. The van der Waals surface area contributed by atoms with Gasteiger partial charge in [0.1, 0.15) is 5.75 Å². The van der Waals surface area contributed by atoms with Crippen molar-refractivity contribution in [2.24, 2.45) is 5.10 Å². The zero-order chi connectivity index (χ0) is 15.9. The number of phenolic OH excluding ortho intramolecular Hbond substituents is 1. The maximum absolute atomic E-state index is 11.3. The summed E-state index contributed by atoms with van der Waals surface area (Å²) in [6.45, 7) is 2.11. The van der Waals surface area contributed by atoms with Crippen LogP contribution in [0.4, 0.5) is 5.13 Å². The molecular formula is C14H14ClN3O3S. The Balaban J connectivity index is 1.93. The highest BCUT2D eigenvalue weighted by molar-refractivity contribution is 7.13. The van der Waals surface area contributed by atoms with E-state index in [1.807, 2.05) is 0 Å². The van der Waals surface area contributed by atoms with E-state index in [2.05, 4.69) is 15.5 Å². The van der Waals surface area contributed by atoms with E-state index in [1.54, 1.807) is 18.4 Å². The van der Waals surface area contributed by atoms with Crippen LogP contribution in [0.25, 0.3) is 0 Å². The number of phenols is 1. The first-order chi connectivity index (χ1) is 10.6. The number of anilines is 1. The first kappa shape index (κ1) is 16.3. The largest absolute Gasteiger partial charge is 0.508 e. The van der Waals surface area contributed by atoms with Gasteiger partial charge in [0.2, 0.25) is 5.13 Å². The summed E-state index contributed by atoms with van der Waals surface area (Å²) >= 11 is 7.29. The number of halogens is 1. The van der Waals surface area contributed by atoms with Crippen LogP contribution in [0.5, 0.6) is 5.75 Å². The minimum absolute atomic E-state index is 0.0960. The van der Waals surface area contributed by atoms with Crippen LogP contribution >= 0.6 is 22.9 Å². The normalized spacial score (nSPS) is 10.8. The van der Waals surface area contributed by atoms with Crippen LogP contribution in [0, 0.1) is 0 Å². The maximum Gasteiger partial charge on any atom is 0.311 e. The van der Waals surface area contributed by atoms with Crippen LogP contribution in [0.15, 0.2) is 28.7 Å². The van der Waals surface area contributed by atoms with Gasteiger partial charge >= 0.3 is 5.97 Å². The molecule has 0 saturated heterocycles. The molecule has 1 aromatic heterocycles. The highest BCUT2D eigenvalue weighted by Gasteiger charge is 2.07. The van der Waals surface area contributed by atoms with Gasteiger partial charge < -0.3 is 9.84 Å². The number of carbonyl (C=O) groups excluding carboxylic acids is 1. The Morgan fingerprint density at radius 3 is 3.14 bits per heavy atom. The fourth-order valence-corrected chi connectivity index (χ4v) is 2.46. The molecule has 116 valence electrons. The van der Waals surface area contributed by atoms with E-state index in [0.29, 0.717) is 28.0 Å². The highest BCUT2D eigenvalue weighted by Crippen LogP contribution is 2.20. The summed E-state index contributed by atoms with van der Waals surface area (Å²) < 4.78 is 4.86. The van der Waals surface area contributed by atoms with E-state index >= 15 is 0 Å². The van der Waals surface area contributed by atoms with Crippen molar-refractivity contribution in [2.75, 3.05) is 12.0 Å². The molecule has 6 nitrogen and oxygen atoms in total. The average Bonchev–Trinajstić information content (AvgIpc) is 2.89.